The summed E-state index contributed by atoms with van der Waals surface area (Å²) < 4.78 is 16.1. The van der Waals surface area contributed by atoms with Crippen molar-refractivity contribution in [1.82, 2.24) is 10.1 Å². The molecule has 2 heterocycles. The van der Waals surface area contributed by atoms with E-state index >= 15 is 0 Å². The molecule has 3 rings (SSSR count). The van der Waals surface area contributed by atoms with Gasteiger partial charge in [-0.2, -0.15) is 0 Å². The van der Waals surface area contributed by atoms with Crippen molar-refractivity contribution in [3.63, 3.8) is 0 Å². The highest BCUT2D eigenvalue weighted by Crippen LogP contribution is 2.17. The van der Waals surface area contributed by atoms with Crippen LogP contribution in [0.5, 0.6) is 5.75 Å². The molecule has 1 saturated heterocycles. The van der Waals surface area contributed by atoms with E-state index in [9.17, 15) is 9.90 Å². The number of carbonyl (C=O) groups is 1. The minimum atomic E-state index is -1.24. The largest absolute Gasteiger partial charge is 0.490 e. The molecule has 1 amide bonds. The zero-order chi connectivity index (χ0) is 17.5. The van der Waals surface area contributed by atoms with Crippen molar-refractivity contribution in [2.75, 3.05) is 32.9 Å². The summed E-state index contributed by atoms with van der Waals surface area (Å²) in [5.74, 6) is 1.28. The summed E-state index contributed by atoms with van der Waals surface area (Å²) in [6.07, 6.45) is 2.33. The summed E-state index contributed by atoms with van der Waals surface area (Å²) in [5, 5.41) is 14.4. The van der Waals surface area contributed by atoms with Crippen LogP contribution >= 0.6 is 0 Å². The number of amides is 1. The van der Waals surface area contributed by atoms with E-state index < -0.39 is 5.60 Å². The molecule has 1 N–H and O–H groups in total. The molecule has 0 spiro atoms. The van der Waals surface area contributed by atoms with Crippen LogP contribution in [0.1, 0.15) is 12.2 Å². The monoisotopic (exact) mass is 346 g/mol. The standard InChI is InChI=1S/C18H22N2O5/c21-17(7-6-16-8-9-19-25-16)20-10-11-23-13-18(22,12-20)14-24-15-4-2-1-3-5-15/h1-5,8-9,22H,6-7,10-14H2/t18-/m0/s1. The number of hydrogen-bond donors (Lipinski definition) is 1. The van der Waals surface area contributed by atoms with Crippen LogP contribution in [0.15, 0.2) is 47.1 Å². The Hall–Kier alpha value is -2.38. The van der Waals surface area contributed by atoms with E-state index in [0.29, 0.717) is 37.5 Å². The number of β-amino-alcohol motifs (C(OH)–C–C–N with tert-alkyl or cyclic N) is 1. The predicted octanol–water partition coefficient (Wildman–Crippen LogP) is 1.28. The van der Waals surface area contributed by atoms with Crippen molar-refractivity contribution in [2.45, 2.75) is 18.4 Å². The lowest BCUT2D eigenvalue weighted by Gasteiger charge is -2.30. The van der Waals surface area contributed by atoms with Gasteiger partial charge in [0.2, 0.25) is 5.91 Å². The van der Waals surface area contributed by atoms with Gasteiger partial charge < -0.3 is 24.0 Å². The maximum absolute atomic E-state index is 12.5. The van der Waals surface area contributed by atoms with Crippen LogP contribution in [0.3, 0.4) is 0 Å². The number of nitrogens with zero attached hydrogens (tertiary/aromatic N) is 2. The quantitative estimate of drug-likeness (QED) is 0.848. The highest BCUT2D eigenvalue weighted by molar-refractivity contribution is 5.76. The van der Waals surface area contributed by atoms with Gasteiger partial charge in [-0.15, -0.1) is 0 Å². The number of carbonyl (C=O) groups excluding carboxylic acids is 1. The summed E-state index contributed by atoms with van der Waals surface area (Å²) in [6, 6.07) is 11.0. The summed E-state index contributed by atoms with van der Waals surface area (Å²) in [4.78, 5) is 14.1. The van der Waals surface area contributed by atoms with Crippen LogP contribution in [-0.4, -0.2) is 59.6 Å². The van der Waals surface area contributed by atoms with Crippen LogP contribution in [0.4, 0.5) is 0 Å². The lowest BCUT2D eigenvalue weighted by molar-refractivity contribution is -0.135. The molecule has 0 aliphatic carbocycles. The molecular formula is C18H22N2O5. The number of ether oxygens (including phenoxy) is 2. The van der Waals surface area contributed by atoms with E-state index in [1.54, 1.807) is 17.2 Å². The van der Waals surface area contributed by atoms with Gasteiger partial charge in [-0.3, -0.25) is 4.79 Å². The smallest absolute Gasteiger partial charge is 0.223 e. The zero-order valence-corrected chi connectivity index (χ0v) is 14.0. The van der Waals surface area contributed by atoms with Gasteiger partial charge in [0.25, 0.3) is 0 Å². The van der Waals surface area contributed by atoms with E-state index in [0.717, 1.165) is 0 Å². The van der Waals surface area contributed by atoms with Crippen LogP contribution in [0.2, 0.25) is 0 Å². The molecule has 7 nitrogen and oxygen atoms in total. The summed E-state index contributed by atoms with van der Waals surface area (Å²) in [6.45, 7) is 1.20. The van der Waals surface area contributed by atoms with Crippen LogP contribution < -0.4 is 4.74 Å². The number of para-hydroxylation sites is 1. The average molecular weight is 346 g/mol. The lowest BCUT2D eigenvalue weighted by Crippen LogP contribution is -2.50. The summed E-state index contributed by atoms with van der Waals surface area (Å²) >= 11 is 0. The molecule has 1 aromatic carbocycles. The maximum Gasteiger partial charge on any atom is 0.223 e. The summed E-state index contributed by atoms with van der Waals surface area (Å²) in [7, 11) is 0. The fraction of sp³-hybridized carbons (Fsp3) is 0.444. The minimum Gasteiger partial charge on any atom is -0.490 e. The van der Waals surface area contributed by atoms with Gasteiger partial charge in [0.1, 0.15) is 23.7 Å². The first kappa shape index (κ1) is 17.4. The van der Waals surface area contributed by atoms with Gasteiger partial charge in [-0.25, -0.2) is 0 Å². The van der Waals surface area contributed by atoms with E-state index in [2.05, 4.69) is 5.16 Å². The lowest BCUT2D eigenvalue weighted by atomic mass is 10.1. The van der Waals surface area contributed by atoms with Gasteiger partial charge in [0, 0.05) is 25.5 Å². The SMILES string of the molecule is O=C(CCc1ccno1)N1CCOC[C@](O)(COc2ccccc2)C1. The Morgan fingerprint density at radius 1 is 1.32 bits per heavy atom. The molecule has 0 unspecified atom stereocenters. The second-order valence-electron chi connectivity index (χ2n) is 6.17. The van der Waals surface area contributed by atoms with Crippen LogP contribution in [0, 0.1) is 0 Å². The van der Waals surface area contributed by atoms with Gasteiger partial charge in [0.15, 0.2) is 0 Å². The fourth-order valence-electron chi connectivity index (χ4n) is 2.71. The third kappa shape index (κ3) is 5.04. The van der Waals surface area contributed by atoms with E-state index in [4.69, 9.17) is 14.0 Å². The Morgan fingerprint density at radius 2 is 2.16 bits per heavy atom. The molecule has 1 atom stereocenters. The normalized spacial score (nSPS) is 20.9. The van der Waals surface area contributed by atoms with Gasteiger partial charge in [0.05, 0.1) is 26.0 Å². The van der Waals surface area contributed by atoms with Gasteiger partial charge in [-0.1, -0.05) is 23.4 Å². The topological polar surface area (TPSA) is 85.0 Å². The highest BCUT2D eigenvalue weighted by atomic mass is 16.5. The Balaban J connectivity index is 1.56. The Morgan fingerprint density at radius 3 is 2.92 bits per heavy atom. The first-order valence-electron chi connectivity index (χ1n) is 8.30. The van der Waals surface area contributed by atoms with Crippen molar-refractivity contribution in [3.05, 3.63) is 48.4 Å². The Bertz CT molecular complexity index is 661. The molecule has 134 valence electrons. The van der Waals surface area contributed by atoms with Gasteiger partial charge in [-0.05, 0) is 12.1 Å². The fourth-order valence-corrected chi connectivity index (χ4v) is 2.71. The Labute approximate surface area is 146 Å². The van der Waals surface area contributed by atoms with E-state index in [1.807, 2.05) is 30.3 Å². The van der Waals surface area contributed by atoms with Crippen LogP contribution in [0.25, 0.3) is 0 Å². The van der Waals surface area contributed by atoms with Gasteiger partial charge >= 0.3 is 0 Å². The Kier molecular flexibility index (Phi) is 5.67. The van der Waals surface area contributed by atoms with Crippen LogP contribution in [-0.2, 0) is 16.0 Å². The second kappa shape index (κ2) is 8.13. The highest BCUT2D eigenvalue weighted by Gasteiger charge is 2.35. The molecule has 7 heteroatoms. The molecule has 1 fully saturated rings. The summed E-state index contributed by atoms with van der Waals surface area (Å²) in [5.41, 5.74) is -1.24. The number of benzene rings is 1. The third-order valence-electron chi connectivity index (χ3n) is 4.04. The second-order valence-corrected chi connectivity index (χ2v) is 6.17. The molecule has 0 saturated carbocycles. The number of aryl methyl sites for hydroxylation is 1. The first-order chi connectivity index (χ1) is 12.1. The molecule has 25 heavy (non-hydrogen) atoms. The molecule has 0 radical (unpaired) electrons. The average Bonchev–Trinajstić information content (AvgIpc) is 3.07. The number of aliphatic hydroxyl groups is 1. The van der Waals surface area contributed by atoms with Crippen molar-refractivity contribution >= 4 is 5.91 Å². The van der Waals surface area contributed by atoms with E-state index in [1.165, 1.54) is 0 Å². The van der Waals surface area contributed by atoms with Crippen molar-refractivity contribution in [2.24, 2.45) is 0 Å². The first-order valence-corrected chi connectivity index (χ1v) is 8.30. The molecule has 1 aromatic heterocycles. The molecule has 1 aliphatic heterocycles. The van der Waals surface area contributed by atoms with E-state index in [-0.39, 0.29) is 25.7 Å². The number of hydrogen-bond acceptors (Lipinski definition) is 6. The zero-order valence-electron chi connectivity index (χ0n) is 14.0. The van der Waals surface area contributed by atoms with Crippen molar-refractivity contribution in [1.29, 1.82) is 0 Å². The van der Waals surface area contributed by atoms with Crippen molar-refractivity contribution in [3.8, 4) is 5.75 Å². The van der Waals surface area contributed by atoms with Crippen molar-refractivity contribution < 1.29 is 23.9 Å². The number of rotatable bonds is 6. The third-order valence-corrected chi connectivity index (χ3v) is 4.04. The predicted molar refractivity (Wildman–Crippen MR) is 89.1 cm³/mol. The minimum absolute atomic E-state index is 0.0555. The number of aromatic nitrogens is 1. The molecule has 0 bridgehead atoms. The molecule has 2 aromatic rings. The maximum atomic E-state index is 12.5. The molecular weight excluding hydrogens is 324 g/mol. The molecule has 1 aliphatic rings.